The minimum Gasteiger partial charge on any atom is -0.341 e. The van der Waals surface area contributed by atoms with Crippen molar-refractivity contribution >= 4 is 32.6 Å². The summed E-state index contributed by atoms with van der Waals surface area (Å²) in [5.74, 6) is 4.80. The van der Waals surface area contributed by atoms with Gasteiger partial charge in [0, 0.05) is 28.4 Å². The maximum absolute atomic E-state index is 2.37. The quantitative estimate of drug-likeness (QED) is 0.167. The number of para-hydroxylation sites is 2. The van der Waals surface area contributed by atoms with Crippen molar-refractivity contribution in [3.63, 3.8) is 0 Å². The fourth-order valence-corrected chi connectivity index (χ4v) is 8.56. The number of hydrogen-bond acceptors (Lipinski definition) is 0. The molecular weight excluding hydrogens is 603 g/mol. The molecule has 50 heavy (non-hydrogen) atoms. The molecule has 274 valence electrons. The molecule has 4 saturated carbocycles. The summed E-state index contributed by atoms with van der Waals surface area (Å²) in [6, 6.07) is 33.9. The molecular formula is C49H73N. The molecule has 1 heteroatoms. The summed E-state index contributed by atoms with van der Waals surface area (Å²) in [6.45, 7) is 16.0. The molecule has 0 amide bonds. The van der Waals surface area contributed by atoms with E-state index in [-0.39, 0.29) is 0 Å². The molecule has 2 bridgehead atoms. The van der Waals surface area contributed by atoms with E-state index in [0.717, 1.165) is 6.54 Å². The van der Waals surface area contributed by atoms with Gasteiger partial charge in [-0.25, -0.2) is 0 Å². The van der Waals surface area contributed by atoms with E-state index in [2.05, 4.69) is 150 Å². The summed E-state index contributed by atoms with van der Waals surface area (Å²) in [6.07, 6.45) is 22.3. The summed E-state index contributed by atoms with van der Waals surface area (Å²) in [4.78, 5) is 0. The van der Waals surface area contributed by atoms with Crippen molar-refractivity contribution in [2.45, 2.75) is 151 Å². The van der Waals surface area contributed by atoms with Crippen LogP contribution in [0.2, 0.25) is 0 Å². The maximum Gasteiger partial charge on any atom is 0.0491 e. The van der Waals surface area contributed by atoms with Gasteiger partial charge in [0.1, 0.15) is 0 Å². The van der Waals surface area contributed by atoms with E-state index in [0.29, 0.717) is 0 Å². The summed E-state index contributed by atoms with van der Waals surface area (Å²) in [7, 11) is 0. The highest BCUT2D eigenvalue weighted by Crippen LogP contribution is 2.58. The molecule has 4 fully saturated rings. The van der Waals surface area contributed by atoms with Gasteiger partial charge >= 0.3 is 0 Å². The van der Waals surface area contributed by atoms with Crippen molar-refractivity contribution in [1.82, 2.24) is 4.57 Å². The van der Waals surface area contributed by atoms with Crippen LogP contribution in [0.25, 0.3) is 32.6 Å². The van der Waals surface area contributed by atoms with Gasteiger partial charge in [-0.05, 0) is 85.6 Å². The molecule has 4 unspecified atom stereocenters. The molecule has 1 aromatic heterocycles. The lowest BCUT2D eigenvalue weighted by atomic mass is 9.82. The maximum atomic E-state index is 2.37. The average molecular weight is 676 g/mol. The SMILES string of the molecule is C1CC2C3CCC(C3)C2C1.C1CCCCC1.CCC.CCC.CCC.CCn1c2ccccc2c2ccccc21.c1ccc2ccccc2c1. The third-order valence-electron chi connectivity index (χ3n) is 10.5. The lowest BCUT2D eigenvalue weighted by Crippen LogP contribution is -2.15. The third-order valence-corrected chi connectivity index (χ3v) is 10.5. The second kappa shape index (κ2) is 24.2. The molecule has 4 aliphatic rings. The predicted molar refractivity (Wildman–Crippen MR) is 226 cm³/mol. The van der Waals surface area contributed by atoms with Crippen LogP contribution in [0, 0.1) is 23.7 Å². The van der Waals surface area contributed by atoms with E-state index in [1.54, 1.807) is 38.5 Å². The normalized spacial score (nSPS) is 20.9. The third kappa shape index (κ3) is 12.3. The van der Waals surface area contributed by atoms with Crippen LogP contribution in [0.5, 0.6) is 0 Å². The highest BCUT2D eigenvalue weighted by Gasteiger charge is 2.48. The van der Waals surface area contributed by atoms with Crippen LogP contribution in [0.4, 0.5) is 0 Å². The first-order chi connectivity index (χ1) is 24.6. The monoisotopic (exact) mass is 676 g/mol. The van der Waals surface area contributed by atoms with E-state index >= 15 is 0 Å². The average Bonchev–Trinajstić information content (AvgIpc) is 3.97. The Hall–Kier alpha value is -3.06. The zero-order chi connectivity index (χ0) is 36.0. The van der Waals surface area contributed by atoms with Crippen LogP contribution >= 0.6 is 0 Å². The topological polar surface area (TPSA) is 4.93 Å². The Kier molecular flexibility index (Phi) is 20.0. The highest BCUT2D eigenvalue weighted by molar-refractivity contribution is 6.07. The molecule has 4 aromatic carbocycles. The van der Waals surface area contributed by atoms with Crippen LogP contribution in [0.1, 0.15) is 145 Å². The van der Waals surface area contributed by atoms with Gasteiger partial charge in [0.2, 0.25) is 0 Å². The fourth-order valence-electron chi connectivity index (χ4n) is 8.56. The Labute approximate surface area is 308 Å². The summed E-state index contributed by atoms with van der Waals surface area (Å²) < 4.78 is 2.37. The van der Waals surface area contributed by atoms with Crippen molar-refractivity contribution in [2.75, 3.05) is 0 Å². The highest BCUT2D eigenvalue weighted by atomic mass is 15.0. The molecule has 1 nitrogen and oxygen atoms in total. The first-order valence-electron chi connectivity index (χ1n) is 21.0. The van der Waals surface area contributed by atoms with Crippen molar-refractivity contribution in [2.24, 2.45) is 23.7 Å². The van der Waals surface area contributed by atoms with Crippen LogP contribution in [0.15, 0.2) is 97.1 Å². The number of nitrogens with zero attached hydrogens (tertiary/aromatic N) is 1. The van der Waals surface area contributed by atoms with Gasteiger partial charge in [0.15, 0.2) is 0 Å². The molecule has 0 radical (unpaired) electrons. The second-order valence-corrected chi connectivity index (χ2v) is 15.0. The van der Waals surface area contributed by atoms with E-state index < -0.39 is 0 Å². The smallest absolute Gasteiger partial charge is 0.0491 e. The van der Waals surface area contributed by atoms with Gasteiger partial charge in [0.05, 0.1) is 0 Å². The largest absolute Gasteiger partial charge is 0.341 e. The van der Waals surface area contributed by atoms with Crippen molar-refractivity contribution in [3.05, 3.63) is 97.1 Å². The summed E-state index contributed by atoms with van der Waals surface area (Å²) in [5, 5.41) is 5.33. The van der Waals surface area contributed by atoms with Gasteiger partial charge in [-0.3, -0.25) is 0 Å². The van der Waals surface area contributed by atoms with Gasteiger partial charge in [-0.1, -0.05) is 191 Å². The Morgan fingerprint density at radius 2 is 0.740 bits per heavy atom. The van der Waals surface area contributed by atoms with Gasteiger partial charge in [0.25, 0.3) is 0 Å². The number of rotatable bonds is 1. The molecule has 4 atom stereocenters. The Bertz CT molecular complexity index is 1420. The van der Waals surface area contributed by atoms with Crippen LogP contribution < -0.4 is 0 Å². The van der Waals surface area contributed by atoms with E-state index in [4.69, 9.17) is 0 Å². The van der Waals surface area contributed by atoms with Gasteiger partial charge in [-0.2, -0.15) is 0 Å². The Morgan fingerprint density at radius 3 is 1.08 bits per heavy atom. The van der Waals surface area contributed by atoms with Crippen LogP contribution in [0.3, 0.4) is 0 Å². The Morgan fingerprint density at radius 1 is 0.420 bits per heavy atom. The Balaban J connectivity index is 0.000000172. The molecule has 0 aliphatic heterocycles. The first kappa shape index (κ1) is 41.4. The zero-order valence-electron chi connectivity index (χ0n) is 33.3. The van der Waals surface area contributed by atoms with E-state index in [9.17, 15) is 0 Å². The molecule has 4 aliphatic carbocycles. The number of aromatic nitrogens is 1. The number of aryl methyl sites for hydroxylation is 1. The number of hydrogen-bond donors (Lipinski definition) is 0. The second-order valence-electron chi connectivity index (χ2n) is 15.0. The van der Waals surface area contributed by atoms with Crippen LogP contribution in [-0.2, 0) is 6.54 Å². The zero-order valence-corrected chi connectivity index (χ0v) is 33.3. The van der Waals surface area contributed by atoms with Crippen molar-refractivity contribution < 1.29 is 0 Å². The summed E-state index contributed by atoms with van der Waals surface area (Å²) >= 11 is 0. The molecule has 1 heterocycles. The minimum atomic E-state index is 1.02. The number of fused-ring (bicyclic) bond motifs is 9. The van der Waals surface area contributed by atoms with Crippen LogP contribution in [-0.4, -0.2) is 4.57 Å². The van der Waals surface area contributed by atoms with E-state index in [1.807, 2.05) is 0 Å². The predicted octanol–water partition coefficient (Wildman–Crippen LogP) is 16.1. The molecule has 0 spiro atoms. The number of benzene rings is 4. The molecule has 0 saturated heterocycles. The minimum absolute atomic E-state index is 1.02. The fraction of sp³-hybridized carbons (Fsp3) is 0.551. The van der Waals surface area contributed by atoms with E-state index in [1.165, 1.54) is 114 Å². The molecule has 9 rings (SSSR count). The van der Waals surface area contributed by atoms with Crippen molar-refractivity contribution in [1.29, 1.82) is 0 Å². The lowest BCUT2D eigenvalue weighted by Gasteiger charge is -2.23. The van der Waals surface area contributed by atoms with Crippen molar-refractivity contribution in [3.8, 4) is 0 Å². The molecule has 5 aromatic rings. The molecule has 0 N–H and O–H groups in total. The summed E-state index contributed by atoms with van der Waals surface area (Å²) in [5.41, 5.74) is 2.67. The van der Waals surface area contributed by atoms with Gasteiger partial charge < -0.3 is 4.57 Å². The first-order valence-corrected chi connectivity index (χ1v) is 21.0. The lowest BCUT2D eigenvalue weighted by molar-refractivity contribution is 0.259. The standard InChI is InChI=1S/C14H13N.C10H16.C10H8.C6H12.3C3H8/c1-2-15-13-9-5-3-7-11(13)12-8-4-6-10-14(12)15;1-2-9-7-4-5-8(6-7)10(9)3-1;1-2-6-10-8-4-3-7-9(10)5-1;1-2-4-6-5-3-1;3*1-3-2/h3-10H,2H2,1H3;7-10H,1-6H2;1-8H;1-6H2;3*3H2,1-2H3. The van der Waals surface area contributed by atoms with Gasteiger partial charge in [-0.15, -0.1) is 0 Å².